The van der Waals surface area contributed by atoms with E-state index in [2.05, 4.69) is 15.3 Å². The first-order chi connectivity index (χ1) is 10.1. The average molecular weight is 356 g/mol. The van der Waals surface area contributed by atoms with Gasteiger partial charge in [0.05, 0.1) is 14.9 Å². The summed E-state index contributed by atoms with van der Waals surface area (Å²) in [6, 6.07) is 6.83. The molecule has 0 saturated heterocycles. The Labute approximate surface area is 138 Å². The molecule has 0 atom stereocenters. The van der Waals surface area contributed by atoms with Crippen LogP contribution in [0, 0.1) is 0 Å². The molecule has 8 heteroatoms. The summed E-state index contributed by atoms with van der Waals surface area (Å²) in [7, 11) is 0. The number of thiophene rings is 1. The zero-order valence-corrected chi connectivity index (χ0v) is 13.5. The Hall–Kier alpha value is -1.47. The number of pyridine rings is 1. The molecule has 3 aromatic heterocycles. The van der Waals surface area contributed by atoms with Crippen molar-refractivity contribution in [1.29, 1.82) is 0 Å². The van der Waals surface area contributed by atoms with Crippen molar-refractivity contribution in [2.45, 2.75) is 0 Å². The van der Waals surface area contributed by atoms with E-state index >= 15 is 0 Å². The van der Waals surface area contributed by atoms with Crippen LogP contribution in [-0.2, 0) is 0 Å². The van der Waals surface area contributed by atoms with E-state index in [0.717, 1.165) is 10.6 Å². The molecule has 0 aliphatic carbocycles. The van der Waals surface area contributed by atoms with Crippen molar-refractivity contribution in [3.8, 4) is 10.6 Å². The molecular formula is C13H7Cl2N3OS2. The second kappa shape index (κ2) is 6.11. The van der Waals surface area contributed by atoms with Gasteiger partial charge >= 0.3 is 0 Å². The minimum atomic E-state index is -0.345. The number of anilines is 1. The highest BCUT2D eigenvalue weighted by atomic mass is 35.5. The highest BCUT2D eigenvalue weighted by Gasteiger charge is 2.12. The molecule has 0 aliphatic heterocycles. The molecule has 3 heterocycles. The Morgan fingerprint density at radius 3 is 2.81 bits per heavy atom. The smallest absolute Gasteiger partial charge is 0.276 e. The van der Waals surface area contributed by atoms with Gasteiger partial charge in [0, 0.05) is 16.6 Å². The molecule has 0 radical (unpaired) electrons. The fourth-order valence-electron chi connectivity index (χ4n) is 1.59. The van der Waals surface area contributed by atoms with E-state index in [-0.39, 0.29) is 11.6 Å². The number of amides is 1. The number of aromatic nitrogens is 2. The summed E-state index contributed by atoms with van der Waals surface area (Å²) in [6.45, 7) is 0. The van der Waals surface area contributed by atoms with Crippen LogP contribution in [0.1, 0.15) is 10.5 Å². The van der Waals surface area contributed by atoms with Crippen LogP contribution in [0.4, 0.5) is 5.13 Å². The topological polar surface area (TPSA) is 54.9 Å². The SMILES string of the molecule is O=C(Nc1nc(-c2ccc(Cl)s2)cs1)c1cc(Cl)ccn1. The van der Waals surface area contributed by atoms with Crippen LogP contribution in [0.25, 0.3) is 10.6 Å². The van der Waals surface area contributed by atoms with Gasteiger partial charge in [0.2, 0.25) is 0 Å². The van der Waals surface area contributed by atoms with Gasteiger partial charge in [0.1, 0.15) is 5.69 Å². The molecule has 106 valence electrons. The van der Waals surface area contributed by atoms with E-state index in [1.807, 2.05) is 17.5 Å². The molecule has 4 nitrogen and oxygen atoms in total. The summed E-state index contributed by atoms with van der Waals surface area (Å²) in [5.41, 5.74) is 1.03. The quantitative estimate of drug-likeness (QED) is 0.732. The normalized spacial score (nSPS) is 10.6. The molecule has 1 amide bonds. The molecule has 0 fully saturated rings. The lowest BCUT2D eigenvalue weighted by Gasteiger charge is -2.00. The lowest BCUT2D eigenvalue weighted by Crippen LogP contribution is -2.13. The largest absolute Gasteiger partial charge is 0.296 e. The molecule has 0 spiro atoms. The number of hydrogen-bond acceptors (Lipinski definition) is 5. The highest BCUT2D eigenvalue weighted by molar-refractivity contribution is 7.20. The number of carbonyl (C=O) groups excluding carboxylic acids is 1. The highest BCUT2D eigenvalue weighted by Crippen LogP contribution is 2.32. The van der Waals surface area contributed by atoms with E-state index in [1.54, 1.807) is 6.07 Å². The van der Waals surface area contributed by atoms with Crippen LogP contribution in [0.15, 0.2) is 35.8 Å². The maximum absolute atomic E-state index is 12.0. The van der Waals surface area contributed by atoms with Crippen molar-refractivity contribution in [2.75, 3.05) is 5.32 Å². The number of hydrogen-bond donors (Lipinski definition) is 1. The van der Waals surface area contributed by atoms with Gasteiger partial charge in [-0.15, -0.1) is 22.7 Å². The molecule has 0 bridgehead atoms. The standard InChI is InChI=1S/C13H7Cl2N3OS2/c14-7-3-4-16-8(5-7)12(19)18-13-17-9(6-20-13)10-1-2-11(15)21-10/h1-6H,(H,17,18,19). The molecule has 0 aromatic carbocycles. The molecule has 21 heavy (non-hydrogen) atoms. The van der Waals surface area contributed by atoms with Gasteiger partial charge in [0.15, 0.2) is 5.13 Å². The summed E-state index contributed by atoms with van der Waals surface area (Å²) in [4.78, 5) is 21.3. The molecule has 3 aromatic rings. The van der Waals surface area contributed by atoms with Crippen LogP contribution >= 0.6 is 45.9 Å². The Morgan fingerprint density at radius 2 is 2.10 bits per heavy atom. The number of thiazole rings is 1. The van der Waals surface area contributed by atoms with E-state index < -0.39 is 0 Å². The molecular weight excluding hydrogens is 349 g/mol. The third kappa shape index (κ3) is 3.41. The van der Waals surface area contributed by atoms with Gasteiger partial charge < -0.3 is 0 Å². The van der Waals surface area contributed by atoms with Gasteiger partial charge in [-0.3, -0.25) is 15.1 Å². The number of halogens is 2. The van der Waals surface area contributed by atoms with E-state index in [9.17, 15) is 4.79 Å². The average Bonchev–Trinajstić information content (AvgIpc) is 3.07. The van der Waals surface area contributed by atoms with Crippen LogP contribution in [0.5, 0.6) is 0 Å². The Balaban J connectivity index is 1.77. The van der Waals surface area contributed by atoms with Crippen molar-refractivity contribution in [1.82, 2.24) is 9.97 Å². The first kappa shape index (κ1) is 14.5. The van der Waals surface area contributed by atoms with Crippen LogP contribution in [0.2, 0.25) is 9.36 Å². The number of nitrogens with one attached hydrogen (secondary N) is 1. The summed E-state index contributed by atoms with van der Waals surface area (Å²) in [5.74, 6) is -0.345. The van der Waals surface area contributed by atoms with Gasteiger partial charge in [-0.1, -0.05) is 23.2 Å². The lowest BCUT2D eigenvalue weighted by atomic mass is 10.3. The number of carbonyl (C=O) groups is 1. The van der Waals surface area contributed by atoms with E-state index in [4.69, 9.17) is 23.2 Å². The van der Waals surface area contributed by atoms with Crippen molar-refractivity contribution in [3.05, 3.63) is 50.9 Å². The third-order valence-corrected chi connectivity index (χ3v) is 4.75. The second-order valence-corrected chi connectivity index (χ2v) is 6.96. The Kier molecular flexibility index (Phi) is 4.21. The second-order valence-electron chi connectivity index (χ2n) is 3.96. The molecule has 1 N–H and O–H groups in total. The maximum atomic E-state index is 12.0. The van der Waals surface area contributed by atoms with Crippen molar-refractivity contribution in [3.63, 3.8) is 0 Å². The van der Waals surface area contributed by atoms with E-state index in [0.29, 0.717) is 14.5 Å². The minimum Gasteiger partial charge on any atom is -0.296 e. The maximum Gasteiger partial charge on any atom is 0.276 e. The van der Waals surface area contributed by atoms with Crippen molar-refractivity contribution >= 4 is 56.9 Å². The van der Waals surface area contributed by atoms with Crippen molar-refractivity contribution in [2.24, 2.45) is 0 Å². The first-order valence-corrected chi connectivity index (χ1v) is 8.21. The molecule has 0 aliphatic rings. The van der Waals surface area contributed by atoms with Gasteiger partial charge in [-0.2, -0.15) is 0 Å². The fraction of sp³-hybridized carbons (Fsp3) is 0. The van der Waals surface area contributed by atoms with Crippen LogP contribution < -0.4 is 5.32 Å². The van der Waals surface area contributed by atoms with Gasteiger partial charge in [0.25, 0.3) is 5.91 Å². The third-order valence-electron chi connectivity index (χ3n) is 2.50. The summed E-state index contributed by atoms with van der Waals surface area (Å²) >= 11 is 14.5. The Bertz CT molecular complexity index is 800. The van der Waals surface area contributed by atoms with E-state index in [1.165, 1.54) is 34.9 Å². The number of nitrogens with zero attached hydrogens (tertiary/aromatic N) is 2. The summed E-state index contributed by atoms with van der Waals surface area (Å²) < 4.78 is 0.701. The predicted molar refractivity (Wildman–Crippen MR) is 87.6 cm³/mol. The molecule has 0 unspecified atom stereocenters. The molecule has 0 saturated carbocycles. The minimum absolute atomic E-state index is 0.249. The summed E-state index contributed by atoms with van der Waals surface area (Å²) in [6.07, 6.45) is 1.48. The Morgan fingerprint density at radius 1 is 1.24 bits per heavy atom. The summed E-state index contributed by atoms with van der Waals surface area (Å²) in [5, 5.41) is 5.53. The predicted octanol–water partition coefficient (Wildman–Crippen LogP) is 4.83. The molecule has 3 rings (SSSR count). The first-order valence-electron chi connectivity index (χ1n) is 5.76. The zero-order valence-electron chi connectivity index (χ0n) is 10.3. The van der Waals surface area contributed by atoms with Crippen molar-refractivity contribution < 1.29 is 4.79 Å². The van der Waals surface area contributed by atoms with Crippen LogP contribution in [0.3, 0.4) is 0 Å². The van der Waals surface area contributed by atoms with Gasteiger partial charge in [-0.25, -0.2) is 4.98 Å². The fourth-order valence-corrected chi connectivity index (χ4v) is 3.53. The lowest BCUT2D eigenvalue weighted by molar-refractivity contribution is 0.102. The van der Waals surface area contributed by atoms with Crippen LogP contribution in [-0.4, -0.2) is 15.9 Å². The number of rotatable bonds is 3. The monoisotopic (exact) mass is 355 g/mol. The van der Waals surface area contributed by atoms with Gasteiger partial charge in [-0.05, 0) is 24.3 Å². The zero-order chi connectivity index (χ0) is 14.8.